The fourth-order valence-corrected chi connectivity index (χ4v) is 2.04. The first-order valence-corrected chi connectivity index (χ1v) is 9.69. The molecule has 0 spiro atoms. The Hall–Kier alpha value is -2.37. The molecule has 0 aliphatic rings. The van der Waals surface area contributed by atoms with Crippen molar-refractivity contribution in [3.8, 4) is 0 Å². The van der Waals surface area contributed by atoms with Gasteiger partial charge in [-0.3, -0.25) is 0 Å². The SMILES string of the molecule is CCN(CC)c1ccc(N=Nc2n(C)nc[n+]2C)cc1.CS(=O)(=O)O[O-]. The van der Waals surface area contributed by atoms with Crippen LogP contribution in [0.5, 0.6) is 0 Å². The molecule has 10 nitrogen and oxygen atoms in total. The first-order valence-electron chi connectivity index (χ1n) is 7.87. The van der Waals surface area contributed by atoms with Crippen LogP contribution < -0.4 is 14.7 Å². The standard InChI is InChI=1S/C14H21N6.CH4O4S/c1-5-20(6-2)13-9-7-12(8-10-13)16-17-14-18(3)11-15-19(14)4;1-6(3,4)5-2/h7-11H,5-6H2,1-4H3;2H,1H3/q+1;/p-1. The van der Waals surface area contributed by atoms with Gasteiger partial charge >= 0.3 is 5.95 Å². The van der Waals surface area contributed by atoms with Crippen LogP contribution in [0.15, 0.2) is 40.8 Å². The van der Waals surface area contributed by atoms with Crippen molar-refractivity contribution < 1.29 is 22.6 Å². The highest BCUT2D eigenvalue weighted by atomic mass is 32.2. The molecule has 144 valence electrons. The lowest BCUT2D eigenvalue weighted by molar-refractivity contribution is -0.659. The van der Waals surface area contributed by atoms with Gasteiger partial charge in [0.1, 0.15) is 0 Å². The van der Waals surface area contributed by atoms with Crippen LogP contribution in [-0.2, 0) is 28.5 Å². The zero-order valence-corrected chi connectivity index (χ0v) is 16.3. The Morgan fingerprint density at radius 3 is 2.15 bits per heavy atom. The molecule has 1 heterocycles. The Bertz CT molecular complexity index is 794. The zero-order chi connectivity index (χ0) is 19.7. The number of aromatic nitrogens is 3. The van der Waals surface area contributed by atoms with E-state index in [1.807, 2.05) is 30.8 Å². The molecule has 0 amide bonds. The third kappa shape index (κ3) is 6.86. The van der Waals surface area contributed by atoms with E-state index in [1.165, 1.54) is 5.69 Å². The molecule has 0 unspecified atom stereocenters. The minimum atomic E-state index is -3.72. The van der Waals surface area contributed by atoms with Crippen molar-refractivity contribution >= 4 is 27.4 Å². The Labute approximate surface area is 153 Å². The van der Waals surface area contributed by atoms with E-state index in [2.05, 4.69) is 50.5 Å². The van der Waals surface area contributed by atoms with Gasteiger partial charge in [-0.15, -0.1) is 4.68 Å². The average molecular weight is 384 g/mol. The number of rotatable bonds is 6. The summed E-state index contributed by atoms with van der Waals surface area (Å²) in [5.41, 5.74) is 2.04. The van der Waals surface area contributed by atoms with Gasteiger partial charge in [-0.05, 0) is 43.2 Å². The summed E-state index contributed by atoms with van der Waals surface area (Å²) in [7, 11) is 0.0211. The highest BCUT2D eigenvalue weighted by Gasteiger charge is 2.11. The number of aryl methyl sites for hydroxylation is 2. The van der Waals surface area contributed by atoms with Crippen LogP contribution in [0.2, 0.25) is 0 Å². The highest BCUT2D eigenvalue weighted by Crippen LogP contribution is 2.20. The maximum atomic E-state index is 9.47. The topological polar surface area (TPSA) is 116 Å². The second-order valence-corrected chi connectivity index (χ2v) is 6.87. The summed E-state index contributed by atoms with van der Waals surface area (Å²) >= 11 is 0. The Morgan fingerprint density at radius 1 is 1.23 bits per heavy atom. The fraction of sp³-hybridized carbons (Fsp3) is 0.467. The molecule has 11 heteroatoms. The summed E-state index contributed by atoms with van der Waals surface area (Å²) in [6, 6.07) is 8.11. The summed E-state index contributed by atoms with van der Waals surface area (Å²) < 4.78 is 25.1. The van der Waals surface area contributed by atoms with Crippen molar-refractivity contribution in [2.75, 3.05) is 24.2 Å². The van der Waals surface area contributed by atoms with Crippen molar-refractivity contribution in [3.63, 3.8) is 0 Å². The smallest absolute Gasteiger partial charge is 0.403 e. The van der Waals surface area contributed by atoms with Gasteiger partial charge in [0.15, 0.2) is 0 Å². The Balaban J connectivity index is 0.000000487. The molecule has 0 N–H and O–H groups in total. The zero-order valence-electron chi connectivity index (χ0n) is 15.5. The predicted molar refractivity (Wildman–Crippen MR) is 94.5 cm³/mol. The molecule has 0 fully saturated rings. The molecule has 0 saturated heterocycles. The van der Waals surface area contributed by atoms with Crippen LogP contribution >= 0.6 is 0 Å². The molecule has 0 saturated carbocycles. The van der Waals surface area contributed by atoms with Crippen LogP contribution in [0.3, 0.4) is 0 Å². The molecule has 0 radical (unpaired) electrons. The summed E-state index contributed by atoms with van der Waals surface area (Å²) in [5.74, 6) is 0.706. The third-order valence-corrected chi connectivity index (χ3v) is 3.61. The highest BCUT2D eigenvalue weighted by molar-refractivity contribution is 7.85. The second-order valence-electron chi connectivity index (χ2n) is 5.33. The van der Waals surface area contributed by atoms with Gasteiger partial charge in [-0.1, -0.05) is 5.11 Å². The molecular weight excluding hydrogens is 360 g/mol. The number of nitrogens with zero attached hydrogens (tertiary/aromatic N) is 6. The van der Waals surface area contributed by atoms with Crippen molar-refractivity contribution in [2.45, 2.75) is 13.8 Å². The fourth-order valence-electron chi connectivity index (χ4n) is 2.04. The lowest BCUT2D eigenvalue weighted by atomic mass is 10.2. The number of anilines is 1. The molecular formula is C15H24N6O4S. The minimum Gasteiger partial charge on any atom is -0.707 e. The van der Waals surface area contributed by atoms with E-state index in [0.29, 0.717) is 12.2 Å². The number of hydrogen-bond acceptors (Lipinski definition) is 8. The molecule has 0 atom stereocenters. The summed E-state index contributed by atoms with van der Waals surface area (Å²) in [5, 5.41) is 21.4. The van der Waals surface area contributed by atoms with Gasteiger partial charge in [0, 0.05) is 23.9 Å². The van der Waals surface area contributed by atoms with Crippen LogP contribution in [0.1, 0.15) is 13.8 Å². The molecule has 0 bridgehead atoms. The van der Waals surface area contributed by atoms with E-state index in [1.54, 1.807) is 11.0 Å². The molecule has 2 aromatic rings. The molecule has 1 aromatic heterocycles. The number of azo groups is 1. The summed E-state index contributed by atoms with van der Waals surface area (Å²) in [6.45, 7) is 6.31. The predicted octanol–water partition coefficient (Wildman–Crippen LogP) is 0.744. The van der Waals surface area contributed by atoms with E-state index < -0.39 is 10.1 Å². The van der Waals surface area contributed by atoms with Gasteiger partial charge in [0.2, 0.25) is 6.33 Å². The van der Waals surface area contributed by atoms with Crippen LogP contribution in [0.4, 0.5) is 17.3 Å². The maximum Gasteiger partial charge on any atom is 0.403 e. The first kappa shape index (κ1) is 21.7. The second kappa shape index (κ2) is 9.94. The Morgan fingerprint density at radius 2 is 1.77 bits per heavy atom. The maximum absolute atomic E-state index is 9.47. The minimum absolute atomic E-state index is 0.681. The van der Waals surface area contributed by atoms with Gasteiger partial charge in [0.25, 0.3) is 10.1 Å². The number of benzene rings is 1. The van der Waals surface area contributed by atoms with Crippen molar-refractivity contribution in [2.24, 2.45) is 24.3 Å². The van der Waals surface area contributed by atoms with Crippen LogP contribution in [-0.4, -0.2) is 37.5 Å². The molecule has 1 aromatic carbocycles. The molecule has 0 aliphatic carbocycles. The Kier molecular flexibility index (Phi) is 8.29. The van der Waals surface area contributed by atoms with Crippen molar-refractivity contribution in [3.05, 3.63) is 30.6 Å². The molecule has 26 heavy (non-hydrogen) atoms. The monoisotopic (exact) mass is 384 g/mol. The van der Waals surface area contributed by atoms with E-state index in [-0.39, 0.29) is 0 Å². The van der Waals surface area contributed by atoms with E-state index in [0.717, 1.165) is 18.8 Å². The lowest BCUT2D eigenvalue weighted by Crippen LogP contribution is -2.25. The van der Waals surface area contributed by atoms with Gasteiger partial charge in [0.05, 0.1) is 26.0 Å². The van der Waals surface area contributed by atoms with Gasteiger partial charge in [-0.25, -0.2) is 13.0 Å². The van der Waals surface area contributed by atoms with Crippen molar-refractivity contribution in [1.82, 2.24) is 9.78 Å². The van der Waals surface area contributed by atoms with E-state index >= 15 is 0 Å². The first-order chi connectivity index (χ1) is 12.2. The summed E-state index contributed by atoms with van der Waals surface area (Å²) in [6.07, 6.45) is 2.39. The van der Waals surface area contributed by atoms with Crippen LogP contribution in [0.25, 0.3) is 0 Å². The lowest BCUT2D eigenvalue weighted by Gasteiger charge is -2.20. The molecule has 2 rings (SSSR count). The normalized spacial score (nSPS) is 11.3. The number of hydrogen-bond donors (Lipinski definition) is 0. The largest absolute Gasteiger partial charge is 0.707 e. The quantitative estimate of drug-likeness (QED) is 0.314. The summed E-state index contributed by atoms with van der Waals surface area (Å²) in [4.78, 5) is 2.29. The van der Waals surface area contributed by atoms with Crippen LogP contribution in [0, 0.1) is 0 Å². The van der Waals surface area contributed by atoms with E-state index in [9.17, 15) is 8.42 Å². The van der Waals surface area contributed by atoms with Gasteiger partial charge < -0.3 is 14.5 Å². The average Bonchev–Trinajstić information content (AvgIpc) is 2.93. The van der Waals surface area contributed by atoms with Gasteiger partial charge in [-0.2, -0.15) is 0 Å². The third-order valence-electron chi connectivity index (χ3n) is 3.36. The van der Waals surface area contributed by atoms with Crippen molar-refractivity contribution in [1.29, 1.82) is 0 Å². The molecule has 0 aliphatic heterocycles. The van der Waals surface area contributed by atoms with E-state index in [4.69, 9.17) is 5.26 Å².